The Morgan fingerprint density at radius 1 is 1.41 bits per heavy atom. The number of rotatable bonds is 4. The van der Waals surface area contributed by atoms with E-state index in [0.717, 1.165) is 29.6 Å². The standard InChI is InChI=1S/C17H17N3O2/c1-19-11-18-9-15(19)17(21)20(13-6-7-13)10-14-8-12-4-2-3-5-16(12)22-14/h2-5,8-9,11,13H,6-7,10H2,1H3. The van der Waals surface area contributed by atoms with Gasteiger partial charge in [0.1, 0.15) is 17.0 Å². The molecule has 5 heteroatoms. The first kappa shape index (κ1) is 13.1. The van der Waals surface area contributed by atoms with Crippen LogP contribution in [-0.2, 0) is 13.6 Å². The molecule has 112 valence electrons. The molecular formula is C17H17N3O2. The number of para-hydroxylation sites is 1. The molecule has 0 saturated heterocycles. The predicted octanol–water partition coefficient (Wildman–Crippen LogP) is 2.97. The summed E-state index contributed by atoms with van der Waals surface area (Å²) >= 11 is 0. The normalized spacial score (nSPS) is 14.4. The van der Waals surface area contributed by atoms with E-state index in [9.17, 15) is 4.79 Å². The van der Waals surface area contributed by atoms with Crippen molar-refractivity contribution in [1.82, 2.24) is 14.5 Å². The number of carbonyl (C=O) groups is 1. The maximum absolute atomic E-state index is 12.8. The highest BCUT2D eigenvalue weighted by molar-refractivity contribution is 5.92. The van der Waals surface area contributed by atoms with Crippen molar-refractivity contribution >= 4 is 16.9 Å². The number of hydrogen-bond acceptors (Lipinski definition) is 3. The van der Waals surface area contributed by atoms with Gasteiger partial charge in [0.25, 0.3) is 5.91 Å². The van der Waals surface area contributed by atoms with E-state index in [0.29, 0.717) is 18.3 Å². The van der Waals surface area contributed by atoms with Gasteiger partial charge in [-0.3, -0.25) is 4.79 Å². The summed E-state index contributed by atoms with van der Waals surface area (Å²) in [5.74, 6) is 0.839. The first-order chi connectivity index (χ1) is 10.7. The minimum Gasteiger partial charge on any atom is -0.459 e. The Balaban J connectivity index is 1.62. The van der Waals surface area contributed by atoms with Crippen molar-refractivity contribution in [2.45, 2.75) is 25.4 Å². The lowest BCUT2D eigenvalue weighted by molar-refractivity contribution is 0.0708. The van der Waals surface area contributed by atoms with Crippen LogP contribution < -0.4 is 0 Å². The molecule has 1 aliphatic carbocycles. The summed E-state index contributed by atoms with van der Waals surface area (Å²) in [6.07, 6.45) is 5.39. The molecule has 22 heavy (non-hydrogen) atoms. The van der Waals surface area contributed by atoms with Crippen LogP contribution in [0.4, 0.5) is 0 Å². The zero-order valence-electron chi connectivity index (χ0n) is 12.4. The second-order valence-electron chi connectivity index (χ2n) is 5.80. The van der Waals surface area contributed by atoms with E-state index in [1.54, 1.807) is 17.1 Å². The Hall–Kier alpha value is -2.56. The Bertz CT molecular complexity index is 796. The fourth-order valence-electron chi connectivity index (χ4n) is 2.75. The summed E-state index contributed by atoms with van der Waals surface area (Å²) in [7, 11) is 1.84. The average molecular weight is 295 g/mol. The fraction of sp³-hybridized carbons (Fsp3) is 0.294. The SMILES string of the molecule is Cn1cncc1C(=O)N(Cc1cc2ccccc2o1)C1CC1. The summed E-state index contributed by atoms with van der Waals surface area (Å²) in [5.41, 5.74) is 1.48. The number of furan rings is 1. The van der Waals surface area contributed by atoms with Crippen LogP contribution in [0.3, 0.4) is 0 Å². The van der Waals surface area contributed by atoms with Crippen LogP contribution >= 0.6 is 0 Å². The molecule has 5 nitrogen and oxygen atoms in total. The molecule has 2 aromatic heterocycles. The summed E-state index contributed by atoms with van der Waals surface area (Å²) in [5, 5.41) is 1.07. The van der Waals surface area contributed by atoms with Gasteiger partial charge >= 0.3 is 0 Å². The van der Waals surface area contributed by atoms with E-state index < -0.39 is 0 Å². The molecule has 0 spiro atoms. The third kappa shape index (κ3) is 2.28. The lowest BCUT2D eigenvalue weighted by Gasteiger charge is -2.21. The molecule has 0 radical (unpaired) electrons. The van der Waals surface area contributed by atoms with Crippen molar-refractivity contribution in [3.63, 3.8) is 0 Å². The van der Waals surface area contributed by atoms with Crippen molar-refractivity contribution in [3.8, 4) is 0 Å². The van der Waals surface area contributed by atoms with Crippen molar-refractivity contribution in [3.05, 3.63) is 54.3 Å². The van der Waals surface area contributed by atoms with E-state index in [-0.39, 0.29) is 5.91 Å². The van der Waals surface area contributed by atoms with Gasteiger partial charge in [-0.15, -0.1) is 0 Å². The van der Waals surface area contributed by atoms with Gasteiger partial charge in [0.15, 0.2) is 0 Å². The van der Waals surface area contributed by atoms with Gasteiger partial charge in [0.2, 0.25) is 0 Å². The van der Waals surface area contributed by atoms with Crippen LogP contribution in [0.2, 0.25) is 0 Å². The smallest absolute Gasteiger partial charge is 0.272 e. The zero-order chi connectivity index (χ0) is 15.1. The number of amides is 1. The van der Waals surface area contributed by atoms with E-state index in [1.165, 1.54) is 0 Å². The molecule has 0 bridgehead atoms. The quantitative estimate of drug-likeness (QED) is 0.743. The van der Waals surface area contributed by atoms with E-state index in [1.807, 2.05) is 42.3 Å². The van der Waals surface area contributed by atoms with Crippen molar-refractivity contribution in [2.75, 3.05) is 0 Å². The van der Waals surface area contributed by atoms with Crippen LogP contribution in [-0.4, -0.2) is 26.4 Å². The molecule has 4 rings (SSSR count). The van der Waals surface area contributed by atoms with Gasteiger partial charge in [-0.25, -0.2) is 4.98 Å². The number of nitrogens with zero attached hydrogens (tertiary/aromatic N) is 3. The second kappa shape index (κ2) is 5.02. The number of benzene rings is 1. The first-order valence-electron chi connectivity index (χ1n) is 7.47. The Morgan fingerprint density at radius 3 is 2.91 bits per heavy atom. The minimum atomic E-state index is 0.0166. The number of aromatic nitrogens is 2. The number of hydrogen-bond donors (Lipinski definition) is 0. The molecular weight excluding hydrogens is 278 g/mol. The van der Waals surface area contributed by atoms with Gasteiger partial charge in [-0.1, -0.05) is 18.2 Å². The Kier molecular flexibility index (Phi) is 2.99. The third-order valence-corrected chi connectivity index (χ3v) is 4.09. The van der Waals surface area contributed by atoms with Gasteiger partial charge in [0, 0.05) is 18.5 Å². The van der Waals surface area contributed by atoms with Crippen molar-refractivity contribution < 1.29 is 9.21 Å². The molecule has 3 aromatic rings. The number of carbonyl (C=O) groups excluding carboxylic acids is 1. The van der Waals surface area contributed by atoms with E-state index in [2.05, 4.69) is 4.98 Å². The molecule has 1 saturated carbocycles. The van der Waals surface area contributed by atoms with Crippen LogP contribution in [0.1, 0.15) is 29.1 Å². The van der Waals surface area contributed by atoms with Gasteiger partial charge in [-0.2, -0.15) is 0 Å². The molecule has 0 aliphatic heterocycles. The largest absolute Gasteiger partial charge is 0.459 e. The minimum absolute atomic E-state index is 0.0166. The van der Waals surface area contributed by atoms with Gasteiger partial charge < -0.3 is 13.9 Å². The average Bonchev–Trinajstić information content (AvgIpc) is 3.13. The summed E-state index contributed by atoms with van der Waals surface area (Å²) < 4.78 is 7.62. The van der Waals surface area contributed by atoms with Crippen molar-refractivity contribution in [1.29, 1.82) is 0 Å². The van der Waals surface area contributed by atoms with E-state index in [4.69, 9.17) is 4.42 Å². The first-order valence-corrected chi connectivity index (χ1v) is 7.47. The summed E-state index contributed by atoms with van der Waals surface area (Å²) in [6.45, 7) is 0.503. The number of fused-ring (bicyclic) bond motifs is 1. The molecule has 0 unspecified atom stereocenters. The topological polar surface area (TPSA) is 51.3 Å². The van der Waals surface area contributed by atoms with Gasteiger partial charge in [-0.05, 0) is 25.0 Å². The maximum atomic E-state index is 12.8. The highest BCUT2D eigenvalue weighted by atomic mass is 16.3. The molecule has 1 aliphatic rings. The summed E-state index contributed by atoms with van der Waals surface area (Å²) in [6, 6.07) is 10.2. The molecule has 0 N–H and O–H groups in total. The Morgan fingerprint density at radius 2 is 2.23 bits per heavy atom. The number of aryl methyl sites for hydroxylation is 1. The lowest BCUT2D eigenvalue weighted by Crippen LogP contribution is -2.33. The Labute approximate surface area is 128 Å². The molecule has 2 heterocycles. The maximum Gasteiger partial charge on any atom is 0.272 e. The highest BCUT2D eigenvalue weighted by Crippen LogP contribution is 2.31. The third-order valence-electron chi connectivity index (χ3n) is 4.09. The van der Waals surface area contributed by atoms with Gasteiger partial charge in [0.05, 0.1) is 19.1 Å². The second-order valence-corrected chi connectivity index (χ2v) is 5.80. The van der Waals surface area contributed by atoms with E-state index >= 15 is 0 Å². The monoisotopic (exact) mass is 295 g/mol. The van der Waals surface area contributed by atoms with Crippen LogP contribution in [0, 0.1) is 0 Å². The van der Waals surface area contributed by atoms with Crippen LogP contribution in [0.5, 0.6) is 0 Å². The number of imidazole rings is 1. The van der Waals surface area contributed by atoms with Crippen molar-refractivity contribution in [2.24, 2.45) is 7.05 Å². The zero-order valence-corrected chi connectivity index (χ0v) is 12.4. The molecule has 0 atom stereocenters. The molecule has 1 fully saturated rings. The molecule has 1 amide bonds. The lowest BCUT2D eigenvalue weighted by atomic mass is 10.2. The van der Waals surface area contributed by atoms with Crippen LogP contribution in [0.25, 0.3) is 11.0 Å². The predicted molar refractivity (Wildman–Crippen MR) is 82.3 cm³/mol. The van der Waals surface area contributed by atoms with Crippen LogP contribution in [0.15, 0.2) is 47.3 Å². The highest BCUT2D eigenvalue weighted by Gasteiger charge is 2.34. The summed E-state index contributed by atoms with van der Waals surface area (Å²) in [4.78, 5) is 18.7. The molecule has 1 aromatic carbocycles. The fourth-order valence-corrected chi connectivity index (χ4v) is 2.75.